The average Bonchev–Trinajstić information content (AvgIpc) is 2.56. The first-order valence-corrected chi connectivity index (χ1v) is 10.3. The minimum atomic E-state index is -3.58. The summed E-state index contributed by atoms with van der Waals surface area (Å²) in [6.45, 7) is 6.65. The zero-order valence-electron chi connectivity index (χ0n) is 15.0. The van der Waals surface area contributed by atoms with Crippen molar-refractivity contribution in [2.75, 3.05) is 13.1 Å². The van der Waals surface area contributed by atoms with Gasteiger partial charge in [0, 0.05) is 30.6 Å². The third-order valence-electron chi connectivity index (χ3n) is 4.88. The highest BCUT2D eigenvalue weighted by Gasteiger charge is 2.32. The second-order valence-corrected chi connectivity index (χ2v) is 9.03. The van der Waals surface area contributed by atoms with Crippen molar-refractivity contribution >= 4 is 15.9 Å². The molecule has 0 saturated carbocycles. The Bertz CT molecular complexity index is 698. The van der Waals surface area contributed by atoms with E-state index < -0.39 is 15.8 Å². The van der Waals surface area contributed by atoms with Gasteiger partial charge in [0.1, 0.15) is 5.82 Å². The van der Waals surface area contributed by atoms with Crippen molar-refractivity contribution in [1.29, 1.82) is 0 Å². The van der Waals surface area contributed by atoms with Crippen LogP contribution in [-0.2, 0) is 20.6 Å². The molecule has 1 heterocycles. The number of nitrogens with zero attached hydrogens (tertiary/aromatic N) is 1. The molecule has 1 fully saturated rings. The van der Waals surface area contributed by atoms with Crippen LogP contribution in [0.5, 0.6) is 0 Å². The van der Waals surface area contributed by atoms with Crippen LogP contribution in [0, 0.1) is 17.7 Å². The smallest absolute Gasteiger partial charge is 0.223 e. The Hall–Kier alpha value is -1.47. The van der Waals surface area contributed by atoms with E-state index in [-0.39, 0.29) is 29.2 Å². The summed E-state index contributed by atoms with van der Waals surface area (Å²) >= 11 is 0. The van der Waals surface area contributed by atoms with Crippen LogP contribution in [-0.4, -0.2) is 37.8 Å². The molecular formula is C18H27FN2O3S. The Morgan fingerprint density at radius 2 is 1.84 bits per heavy atom. The minimum Gasteiger partial charge on any atom is -0.353 e. The number of carbonyl (C=O) groups excluding carboxylic acids is 1. The Morgan fingerprint density at radius 1 is 1.24 bits per heavy atom. The highest BCUT2D eigenvalue weighted by molar-refractivity contribution is 7.88. The van der Waals surface area contributed by atoms with E-state index in [2.05, 4.69) is 5.32 Å². The predicted octanol–water partition coefficient (Wildman–Crippen LogP) is 2.53. The number of rotatable bonds is 6. The molecule has 0 bridgehead atoms. The van der Waals surface area contributed by atoms with Crippen molar-refractivity contribution in [3.8, 4) is 0 Å². The number of halogens is 1. The molecule has 1 aromatic rings. The number of carbonyl (C=O) groups is 1. The normalized spacial score (nSPS) is 18.3. The van der Waals surface area contributed by atoms with Crippen molar-refractivity contribution in [1.82, 2.24) is 9.62 Å². The number of amides is 1. The Morgan fingerprint density at radius 3 is 2.40 bits per heavy atom. The molecule has 0 aliphatic carbocycles. The van der Waals surface area contributed by atoms with Gasteiger partial charge in [0.2, 0.25) is 15.9 Å². The topological polar surface area (TPSA) is 66.5 Å². The van der Waals surface area contributed by atoms with Crippen molar-refractivity contribution < 1.29 is 17.6 Å². The zero-order chi connectivity index (χ0) is 18.6. The molecule has 1 unspecified atom stereocenters. The van der Waals surface area contributed by atoms with Gasteiger partial charge < -0.3 is 5.32 Å². The number of sulfonamides is 1. The largest absolute Gasteiger partial charge is 0.353 e. The number of hydrogen-bond acceptors (Lipinski definition) is 3. The van der Waals surface area contributed by atoms with Crippen molar-refractivity contribution in [3.05, 3.63) is 35.6 Å². The third-order valence-corrected chi connectivity index (χ3v) is 6.71. The van der Waals surface area contributed by atoms with Gasteiger partial charge in [-0.15, -0.1) is 0 Å². The van der Waals surface area contributed by atoms with Crippen molar-refractivity contribution in [3.63, 3.8) is 0 Å². The van der Waals surface area contributed by atoms with Crippen molar-refractivity contribution in [2.24, 2.45) is 11.8 Å². The predicted molar refractivity (Wildman–Crippen MR) is 95.8 cm³/mol. The summed E-state index contributed by atoms with van der Waals surface area (Å²) in [5.41, 5.74) is 0.174. The second kappa shape index (κ2) is 8.27. The van der Waals surface area contributed by atoms with Gasteiger partial charge in [0.05, 0.1) is 5.75 Å². The molecule has 1 atom stereocenters. The quantitative estimate of drug-likeness (QED) is 0.837. The van der Waals surface area contributed by atoms with Crippen LogP contribution in [0.3, 0.4) is 0 Å². The van der Waals surface area contributed by atoms with E-state index in [4.69, 9.17) is 0 Å². The molecule has 5 nitrogen and oxygen atoms in total. The standard InChI is InChI=1S/C18H27FN2O3S/c1-13(2)14(3)20-18(22)15-8-10-21(11-9-15)25(23,24)12-16-6-4-5-7-17(16)19/h4-7,13-15H,8-12H2,1-3H3,(H,20,22). The Labute approximate surface area is 149 Å². The number of piperidine rings is 1. The van der Waals surface area contributed by atoms with Crippen LogP contribution < -0.4 is 5.32 Å². The highest BCUT2D eigenvalue weighted by atomic mass is 32.2. The van der Waals surface area contributed by atoms with Gasteiger partial charge in [-0.1, -0.05) is 32.0 Å². The lowest BCUT2D eigenvalue weighted by atomic mass is 9.96. The summed E-state index contributed by atoms with van der Waals surface area (Å²) in [5, 5.41) is 2.99. The molecule has 0 spiro atoms. The molecule has 7 heteroatoms. The van der Waals surface area contributed by atoms with Gasteiger partial charge in [-0.2, -0.15) is 0 Å². The van der Waals surface area contributed by atoms with E-state index in [1.807, 2.05) is 20.8 Å². The summed E-state index contributed by atoms with van der Waals surface area (Å²) in [5.74, 6) is -0.678. The lowest BCUT2D eigenvalue weighted by Crippen LogP contribution is -2.46. The van der Waals surface area contributed by atoms with E-state index in [0.29, 0.717) is 31.8 Å². The maximum atomic E-state index is 13.7. The lowest BCUT2D eigenvalue weighted by molar-refractivity contribution is -0.127. The van der Waals surface area contributed by atoms with E-state index in [1.54, 1.807) is 6.07 Å². The summed E-state index contributed by atoms with van der Waals surface area (Å²) in [6, 6.07) is 6.00. The monoisotopic (exact) mass is 370 g/mol. The first-order chi connectivity index (χ1) is 11.7. The van der Waals surface area contributed by atoms with Gasteiger partial charge in [-0.3, -0.25) is 4.79 Å². The Balaban J connectivity index is 1.92. The fraction of sp³-hybridized carbons (Fsp3) is 0.611. The van der Waals surface area contributed by atoms with Crippen LogP contribution in [0.4, 0.5) is 4.39 Å². The SMILES string of the molecule is CC(C)C(C)NC(=O)C1CCN(S(=O)(=O)Cc2ccccc2F)CC1. The molecule has 2 rings (SSSR count). The number of nitrogens with one attached hydrogen (secondary N) is 1. The molecule has 1 aliphatic heterocycles. The molecular weight excluding hydrogens is 343 g/mol. The molecule has 1 aromatic carbocycles. The first kappa shape index (κ1) is 19.8. The summed E-state index contributed by atoms with van der Waals surface area (Å²) < 4.78 is 40.1. The lowest BCUT2D eigenvalue weighted by Gasteiger charge is -2.31. The zero-order valence-corrected chi connectivity index (χ0v) is 15.9. The second-order valence-electron chi connectivity index (χ2n) is 7.06. The van der Waals surface area contributed by atoms with Crippen LogP contribution >= 0.6 is 0 Å². The van der Waals surface area contributed by atoms with Crippen LogP contribution in [0.1, 0.15) is 39.2 Å². The minimum absolute atomic E-state index is 0.00708. The van der Waals surface area contributed by atoms with Crippen LogP contribution in [0.25, 0.3) is 0 Å². The maximum Gasteiger partial charge on any atom is 0.223 e. The van der Waals surface area contributed by atoms with E-state index >= 15 is 0 Å². The summed E-state index contributed by atoms with van der Waals surface area (Å²) in [4.78, 5) is 12.3. The Kier molecular flexibility index (Phi) is 6.57. The van der Waals surface area contributed by atoms with Gasteiger partial charge in [-0.05, 0) is 31.7 Å². The number of hydrogen-bond donors (Lipinski definition) is 1. The fourth-order valence-corrected chi connectivity index (χ4v) is 4.39. The molecule has 0 aromatic heterocycles. The van der Waals surface area contributed by atoms with E-state index in [0.717, 1.165) is 0 Å². The fourth-order valence-electron chi connectivity index (χ4n) is 2.81. The average molecular weight is 370 g/mol. The first-order valence-electron chi connectivity index (χ1n) is 8.72. The molecule has 140 valence electrons. The molecule has 1 saturated heterocycles. The molecule has 25 heavy (non-hydrogen) atoms. The summed E-state index contributed by atoms with van der Waals surface area (Å²) in [6.07, 6.45) is 0.986. The maximum absolute atomic E-state index is 13.7. The molecule has 1 amide bonds. The van der Waals surface area contributed by atoms with Gasteiger partial charge in [-0.25, -0.2) is 17.1 Å². The molecule has 1 aliphatic rings. The molecule has 0 radical (unpaired) electrons. The highest BCUT2D eigenvalue weighted by Crippen LogP contribution is 2.23. The molecule has 1 N–H and O–H groups in total. The third kappa shape index (κ3) is 5.25. The van der Waals surface area contributed by atoms with Crippen LogP contribution in [0.2, 0.25) is 0 Å². The van der Waals surface area contributed by atoms with E-state index in [9.17, 15) is 17.6 Å². The van der Waals surface area contributed by atoms with Crippen LogP contribution in [0.15, 0.2) is 24.3 Å². The van der Waals surface area contributed by atoms with Gasteiger partial charge >= 0.3 is 0 Å². The van der Waals surface area contributed by atoms with E-state index in [1.165, 1.54) is 22.5 Å². The van der Waals surface area contributed by atoms with Gasteiger partial charge in [0.15, 0.2) is 0 Å². The summed E-state index contributed by atoms with van der Waals surface area (Å²) in [7, 11) is -3.58. The van der Waals surface area contributed by atoms with Crippen molar-refractivity contribution in [2.45, 2.75) is 45.4 Å². The van der Waals surface area contributed by atoms with Gasteiger partial charge in [0.25, 0.3) is 0 Å². The number of benzene rings is 1.